The number of hydrogen-bond donors (Lipinski definition) is 3. The summed E-state index contributed by atoms with van der Waals surface area (Å²) in [7, 11) is 0. The zero-order valence-electron chi connectivity index (χ0n) is 21.2. The topological polar surface area (TPSA) is 121 Å². The Morgan fingerprint density at radius 1 is 1.18 bits per heavy atom. The van der Waals surface area contributed by atoms with E-state index in [-0.39, 0.29) is 47.3 Å². The van der Waals surface area contributed by atoms with Gasteiger partial charge < -0.3 is 25.2 Å². The first-order valence-electron chi connectivity index (χ1n) is 12.3. The van der Waals surface area contributed by atoms with Crippen molar-refractivity contribution in [1.29, 1.82) is 0 Å². The third kappa shape index (κ3) is 4.92. The molecule has 38 heavy (non-hydrogen) atoms. The molecule has 1 atom stereocenters. The number of hydrogen-bond acceptors (Lipinski definition) is 8. The van der Waals surface area contributed by atoms with E-state index in [1.807, 2.05) is 18.4 Å². The minimum atomic E-state index is -0.701. The summed E-state index contributed by atoms with van der Waals surface area (Å²) in [4.78, 5) is 31.3. The van der Waals surface area contributed by atoms with Crippen molar-refractivity contribution in [1.82, 2.24) is 34.7 Å². The number of nitrogens with one attached hydrogen (secondary N) is 2. The van der Waals surface area contributed by atoms with Crippen LogP contribution in [0, 0.1) is 18.6 Å². The van der Waals surface area contributed by atoms with Crippen LogP contribution in [0.4, 0.5) is 20.5 Å². The number of halogens is 2. The Kier molecular flexibility index (Phi) is 7.00. The van der Waals surface area contributed by atoms with E-state index < -0.39 is 11.6 Å². The molecule has 4 aromatic rings. The summed E-state index contributed by atoms with van der Waals surface area (Å²) in [6.07, 6.45) is 2.45. The third-order valence-electron chi connectivity index (χ3n) is 6.47. The van der Waals surface area contributed by atoms with E-state index in [0.717, 1.165) is 6.20 Å². The highest BCUT2D eigenvalue weighted by atomic mass is 19.1. The molecule has 1 aromatic carbocycles. The van der Waals surface area contributed by atoms with Crippen LogP contribution < -0.4 is 10.6 Å². The number of aliphatic hydroxyl groups excluding tert-OH is 1. The second-order valence-corrected chi connectivity index (χ2v) is 9.48. The van der Waals surface area contributed by atoms with E-state index in [2.05, 4.69) is 30.6 Å². The van der Waals surface area contributed by atoms with Gasteiger partial charge >= 0.3 is 0 Å². The molecule has 10 nitrogen and oxygen atoms in total. The lowest BCUT2D eigenvalue weighted by Crippen LogP contribution is -2.54. The van der Waals surface area contributed by atoms with Gasteiger partial charge in [0.2, 0.25) is 5.95 Å². The normalized spacial score (nSPS) is 15.9. The zero-order valence-corrected chi connectivity index (χ0v) is 21.2. The summed E-state index contributed by atoms with van der Waals surface area (Å²) >= 11 is 0. The van der Waals surface area contributed by atoms with Gasteiger partial charge in [0.1, 0.15) is 22.9 Å². The maximum Gasteiger partial charge on any atom is 0.255 e. The van der Waals surface area contributed by atoms with Crippen molar-refractivity contribution in [2.75, 3.05) is 31.6 Å². The predicted molar refractivity (Wildman–Crippen MR) is 138 cm³/mol. The number of imidazole rings is 1. The molecule has 5 rings (SSSR count). The summed E-state index contributed by atoms with van der Waals surface area (Å²) in [5.74, 6) is -0.373. The van der Waals surface area contributed by atoms with Gasteiger partial charge in [-0.05, 0) is 45.0 Å². The molecule has 0 aliphatic carbocycles. The Hall–Kier alpha value is -4.03. The summed E-state index contributed by atoms with van der Waals surface area (Å²) in [6.45, 7) is 7.22. The SMILES string of the molecule is Cc1nc2c(F)cc(-c3nc(Nc4ccc(C(=O)N5CCN[C@@H](CO)C5)cn4)ncc3F)cc2n1C(C)C. The molecule has 0 spiro atoms. The monoisotopic (exact) mass is 522 g/mol. The molecular weight excluding hydrogens is 494 g/mol. The Morgan fingerprint density at radius 3 is 2.71 bits per heavy atom. The van der Waals surface area contributed by atoms with E-state index in [0.29, 0.717) is 42.4 Å². The largest absolute Gasteiger partial charge is 0.395 e. The predicted octanol–water partition coefficient (Wildman–Crippen LogP) is 3.21. The second kappa shape index (κ2) is 10.4. The number of piperazine rings is 1. The van der Waals surface area contributed by atoms with E-state index in [9.17, 15) is 18.7 Å². The van der Waals surface area contributed by atoms with E-state index in [4.69, 9.17) is 0 Å². The zero-order chi connectivity index (χ0) is 27.0. The molecule has 4 heterocycles. The van der Waals surface area contributed by atoms with Crippen LogP contribution in [0.2, 0.25) is 0 Å². The number of rotatable bonds is 6. The number of pyridine rings is 1. The van der Waals surface area contributed by atoms with Crippen molar-refractivity contribution in [3.8, 4) is 11.3 Å². The van der Waals surface area contributed by atoms with Crippen LogP contribution in [0.25, 0.3) is 22.3 Å². The number of nitrogens with zero attached hydrogens (tertiary/aromatic N) is 6. The van der Waals surface area contributed by atoms with Gasteiger partial charge in [0, 0.05) is 43.5 Å². The summed E-state index contributed by atoms with van der Waals surface area (Å²) in [6, 6.07) is 5.98. The molecule has 12 heteroatoms. The number of amides is 1. The lowest BCUT2D eigenvalue weighted by Gasteiger charge is -2.32. The molecule has 1 saturated heterocycles. The van der Waals surface area contributed by atoms with Gasteiger partial charge in [-0.3, -0.25) is 4.79 Å². The lowest BCUT2D eigenvalue weighted by molar-refractivity contribution is 0.0671. The van der Waals surface area contributed by atoms with Crippen LogP contribution in [-0.2, 0) is 0 Å². The molecule has 198 valence electrons. The van der Waals surface area contributed by atoms with Crippen LogP contribution in [0.1, 0.15) is 36.1 Å². The van der Waals surface area contributed by atoms with Crippen molar-refractivity contribution in [2.24, 2.45) is 0 Å². The Bertz CT molecular complexity index is 1490. The van der Waals surface area contributed by atoms with Gasteiger partial charge in [-0.25, -0.2) is 28.7 Å². The number of fused-ring (bicyclic) bond motifs is 1. The molecule has 1 amide bonds. The van der Waals surface area contributed by atoms with E-state index in [1.54, 1.807) is 30.0 Å². The number of aliphatic hydroxyl groups is 1. The minimum absolute atomic E-state index is 0.0331. The first-order chi connectivity index (χ1) is 18.2. The number of carbonyl (C=O) groups is 1. The molecule has 1 aliphatic heterocycles. The van der Waals surface area contributed by atoms with Gasteiger partial charge in [0.25, 0.3) is 5.91 Å². The van der Waals surface area contributed by atoms with Gasteiger partial charge in [0.15, 0.2) is 11.6 Å². The fraction of sp³-hybridized carbons (Fsp3) is 0.346. The van der Waals surface area contributed by atoms with Gasteiger partial charge in [-0.2, -0.15) is 0 Å². The van der Waals surface area contributed by atoms with E-state index in [1.165, 1.54) is 12.3 Å². The van der Waals surface area contributed by atoms with Crippen LogP contribution >= 0.6 is 0 Å². The minimum Gasteiger partial charge on any atom is -0.395 e. The molecule has 0 radical (unpaired) electrons. The first-order valence-corrected chi connectivity index (χ1v) is 12.3. The Balaban J connectivity index is 1.39. The van der Waals surface area contributed by atoms with E-state index >= 15 is 0 Å². The molecule has 3 N–H and O–H groups in total. The Labute approximate surface area is 217 Å². The van der Waals surface area contributed by atoms with Gasteiger partial charge in [-0.15, -0.1) is 0 Å². The molecule has 1 aliphatic rings. The quantitative estimate of drug-likeness (QED) is 0.353. The van der Waals surface area contributed by atoms with Crippen molar-refractivity contribution in [3.05, 3.63) is 59.7 Å². The van der Waals surface area contributed by atoms with Crippen molar-refractivity contribution >= 4 is 28.7 Å². The molecule has 0 bridgehead atoms. The Morgan fingerprint density at radius 2 is 2.00 bits per heavy atom. The summed E-state index contributed by atoms with van der Waals surface area (Å²) in [5.41, 5.74) is 1.36. The molecule has 0 unspecified atom stereocenters. The van der Waals surface area contributed by atoms with Gasteiger partial charge in [0.05, 0.1) is 23.9 Å². The molecule has 3 aromatic heterocycles. The van der Waals surface area contributed by atoms with Crippen LogP contribution in [0.5, 0.6) is 0 Å². The standard InChI is InChI=1S/C26H28F2N8O2/c1-14(2)36-15(3)32-24-19(27)8-17(9-21(24)36)23-20(28)11-31-26(34-23)33-22-5-4-16(10-30-22)25(38)35-7-6-29-18(12-35)13-37/h4-5,8-11,14,18,29,37H,6-7,12-13H2,1-3H3,(H,30,31,33,34)/t18-/m1/s1. The third-order valence-corrected chi connectivity index (χ3v) is 6.47. The van der Waals surface area contributed by atoms with Crippen LogP contribution in [-0.4, -0.2) is 72.7 Å². The van der Waals surface area contributed by atoms with Crippen molar-refractivity contribution < 1.29 is 18.7 Å². The maximum absolute atomic E-state index is 14.9. The number of carbonyl (C=O) groups excluding carboxylic acids is 1. The highest BCUT2D eigenvalue weighted by molar-refractivity contribution is 5.94. The maximum atomic E-state index is 14.9. The first kappa shape index (κ1) is 25.6. The smallest absolute Gasteiger partial charge is 0.255 e. The average molecular weight is 523 g/mol. The lowest BCUT2D eigenvalue weighted by atomic mass is 10.1. The number of aromatic nitrogens is 5. The fourth-order valence-electron chi connectivity index (χ4n) is 4.71. The van der Waals surface area contributed by atoms with Crippen molar-refractivity contribution in [2.45, 2.75) is 32.9 Å². The summed E-state index contributed by atoms with van der Waals surface area (Å²) in [5, 5.41) is 15.4. The fourth-order valence-corrected chi connectivity index (χ4v) is 4.71. The highest BCUT2D eigenvalue weighted by Crippen LogP contribution is 2.30. The highest BCUT2D eigenvalue weighted by Gasteiger charge is 2.24. The number of benzene rings is 1. The number of anilines is 2. The summed E-state index contributed by atoms with van der Waals surface area (Å²) < 4.78 is 31.6. The van der Waals surface area contributed by atoms with Gasteiger partial charge in [-0.1, -0.05) is 0 Å². The second-order valence-electron chi connectivity index (χ2n) is 9.48. The molecular formula is C26H28F2N8O2. The van der Waals surface area contributed by atoms with Crippen LogP contribution in [0.15, 0.2) is 36.7 Å². The number of aryl methyl sites for hydroxylation is 1. The molecule has 1 fully saturated rings. The van der Waals surface area contributed by atoms with Crippen LogP contribution in [0.3, 0.4) is 0 Å². The average Bonchev–Trinajstić information content (AvgIpc) is 3.26. The van der Waals surface area contributed by atoms with Crippen molar-refractivity contribution in [3.63, 3.8) is 0 Å². The molecule has 0 saturated carbocycles.